The van der Waals surface area contributed by atoms with Gasteiger partial charge in [0.1, 0.15) is 0 Å². The first-order valence-electron chi connectivity index (χ1n) is 8.23. The van der Waals surface area contributed by atoms with Crippen molar-refractivity contribution < 1.29 is 57.7 Å². The molecule has 0 aliphatic heterocycles. The fraction of sp³-hybridized carbons (Fsp3) is 0.474. The first-order valence-corrected chi connectivity index (χ1v) is 12.2. The average Bonchev–Trinajstić information content (AvgIpc) is 2.74. The van der Waals surface area contributed by atoms with Crippen molar-refractivity contribution in [3.63, 3.8) is 0 Å². The molecule has 5 heteroatoms. The molecule has 24 heavy (non-hydrogen) atoms. The van der Waals surface area contributed by atoms with Crippen LogP contribution >= 0.6 is 0 Å². The smallest absolute Gasteiger partial charge is 1.00 e. The molecule has 0 saturated heterocycles. The Labute approximate surface area is 178 Å². The van der Waals surface area contributed by atoms with Crippen LogP contribution < -0.4 is 42.4 Å². The van der Waals surface area contributed by atoms with Gasteiger partial charge in [-0.2, -0.15) is 0 Å². The molecule has 130 valence electrons. The molecule has 1 aromatic carbocycles. The summed E-state index contributed by atoms with van der Waals surface area (Å²) in [6, 6.07) is 12.6. The molecule has 2 aliphatic rings. The molecule has 0 bridgehead atoms. The van der Waals surface area contributed by atoms with Gasteiger partial charge >= 0.3 is 142 Å². The van der Waals surface area contributed by atoms with Crippen molar-refractivity contribution in [2.45, 2.75) is 51.7 Å². The van der Waals surface area contributed by atoms with Gasteiger partial charge in [-0.1, -0.05) is 0 Å². The van der Waals surface area contributed by atoms with Crippen molar-refractivity contribution in [3.05, 3.63) is 50.9 Å². The maximum absolute atomic E-state index is 2.53. The van der Waals surface area contributed by atoms with Crippen LogP contribution in [0.15, 0.2) is 50.9 Å². The monoisotopic (exact) mass is 434 g/mol. The molecular weight excluding hydrogens is 411 g/mol. The summed E-state index contributed by atoms with van der Waals surface area (Å²) < 4.78 is 1.66. The minimum atomic E-state index is -1.38. The topological polar surface area (TPSA) is 0 Å². The van der Waals surface area contributed by atoms with Crippen LogP contribution in [0.2, 0.25) is 19.1 Å². The summed E-state index contributed by atoms with van der Waals surface area (Å²) in [5, 5.41) is 1.60. The van der Waals surface area contributed by atoms with Crippen LogP contribution in [0.4, 0.5) is 0 Å². The molecule has 0 heterocycles. The molecule has 0 saturated carbocycles. The molecule has 3 rings (SSSR count). The molecule has 0 spiro atoms. The Balaban J connectivity index is 0.00000176. The van der Waals surface area contributed by atoms with Gasteiger partial charge in [0.05, 0.1) is 0 Å². The van der Waals surface area contributed by atoms with E-state index in [-0.39, 0.29) is 37.2 Å². The first-order chi connectivity index (χ1) is 10.0. The van der Waals surface area contributed by atoms with Gasteiger partial charge in [0, 0.05) is 0 Å². The van der Waals surface area contributed by atoms with E-state index in [9.17, 15) is 0 Å². The van der Waals surface area contributed by atoms with E-state index < -0.39 is 8.07 Å². The van der Waals surface area contributed by atoms with Crippen molar-refractivity contribution >= 4 is 13.3 Å². The maximum Gasteiger partial charge on any atom is -1.00 e. The third-order valence-electron chi connectivity index (χ3n) is 5.37. The quantitative estimate of drug-likeness (QED) is 0.424. The van der Waals surface area contributed by atoms with Gasteiger partial charge in [-0.15, -0.1) is 0 Å². The number of halogens is 3. The zero-order chi connectivity index (χ0) is 15.0. The third kappa shape index (κ3) is 4.81. The summed E-state index contributed by atoms with van der Waals surface area (Å²) in [4.78, 5) is 0. The van der Waals surface area contributed by atoms with E-state index in [0.29, 0.717) is 0 Å². The van der Waals surface area contributed by atoms with Crippen molar-refractivity contribution in [3.8, 4) is 0 Å². The molecule has 0 N–H and O–H groups in total. The van der Waals surface area contributed by atoms with Crippen LogP contribution in [0.25, 0.3) is 0 Å². The van der Waals surface area contributed by atoms with E-state index >= 15 is 0 Å². The second-order valence-corrected chi connectivity index (χ2v) is 12.7. The summed E-state index contributed by atoms with van der Waals surface area (Å²) in [7, 11) is -1.38. The van der Waals surface area contributed by atoms with E-state index in [1.807, 2.05) is 0 Å². The largest absolute Gasteiger partial charge is 1.00 e. The molecule has 0 fully saturated rings. The van der Waals surface area contributed by atoms with Crippen molar-refractivity contribution in [1.82, 2.24) is 0 Å². The number of hydrogen-bond acceptors (Lipinski definition) is 0. The van der Waals surface area contributed by atoms with Crippen LogP contribution in [0.1, 0.15) is 32.6 Å². The summed E-state index contributed by atoms with van der Waals surface area (Å²) in [6.45, 7) is 7.53. The third-order valence-corrected chi connectivity index (χ3v) is 9.50. The first kappa shape index (κ1) is 24.5. The summed E-state index contributed by atoms with van der Waals surface area (Å²) in [5.74, 6) is 0.718. The Hall–Kier alpha value is 0.501. The minimum absolute atomic E-state index is 0. The van der Waals surface area contributed by atoms with E-state index in [4.69, 9.17) is 0 Å². The van der Waals surface area contributed by atoms with Gasteiger partial charge < -0.3 is 37.2 Å². The second-order valence-electron chi connectivity index (χ2n) is 7.26. The van der Waals surface area contributed by atoms with Gasteiger partial charge in [0.25, 0.3) is 0 Å². The molecule has 2 aliphatic carbocycles. The molecule has 1 aromatic rings. The van der Waals surface area contributed by atoms with Gasteiger partial charge in [-0.05, 0) is 0 Å². The van der Waals surface area contributed by atoms with Gasteiger partial charge in [-0.3, -0.25) is 0 Å². The molecule has 1 unspecified atom stereocenters. The number of allylic oxidation sites excluding steroid dienone is 4. The van der Waals surface area contributed by atoms with Crippen molar-refractivity contribution in [2.75, 3.05) is 0 Å². The zero-order valence-corrected chi connectivity index (χ0v) is 19.5. The zero-order valence-electron chi connectivity index (χ0n) is 14.6. The molecular formula is C19H25Cl3SiTi. The Kier molecular flexibility index (Phi) is 10.2. The fourth-order valence-electron chi connectivity index (χ4n) is 4.02. The molecule has 0 nitrogen and oxygen atoms in total. The molecule has 0 aromatic heterocycles. The van der Waals surface area contributed by atoms with Gasteiger partial charge in [0.2, 0.25) is 0 Å². The van der Waals surface area contributed by atoms with Crippen LogP contribution in [0.3, 0.4) is 0 Å². The van der Waals surface area contributed by atoms with E-state index in [1.165, 1.54) is 31.7 Å². The predicted octanol–water partition coefficient (Wildman–Crippen LogP) is -4.06. The minimum Gasteiger partial charge on any atom is -1.00 e. The van der Waals surface area contributed by atoms with E-state index in [0.717, 1.165) is 5.92 Å². The summed E-state index contributed by atoms with van der Waals surface area (Å²) in [5.41, 5.74) is 5.29. The standard InChI is InChI=1S/C19H25Si.3ClH.Ti/c1-15-17(13-16-9-7-8-12-19(15)16)14-20(2,3)18-10-5-4-6-11-18;;;;/h4-6,10-11,15H,7-9,12,14H2,1-3H3;3*1H;/q;;;;+3/p-3. The predicted molar refractivity (Wildman–Crippen MR) is 90.0 cm³/mol. The normalized spacial score (nSPS) is 20.0. The average molecular weight is 436 g/mol. The number of hydrogen-bond donors (Lipinski definition) is 0. The van der Waals surface area contributed by atoms with Crippen molar-refractivity contribution in [2.24, 2.45) is 5.92 Å². The Morgan fingerprint density at radius 1 is 1.00 bits per heavy atom. The summed E-state index contributed by atoms with van der Waals surface area (Å²) in [6.07, 6.45) is 5.49. The van der Waals surface area contributed by atoms with Crippen LogP contribution in [-0.4, -0.2) is 8.07 Å². The maximum atomic E-state index is 2.53. The van der Waals surface area contributed by atoms with E-state index in [1.54, 1.807) is 25.8 Å². The number of benzene rings is 1. The number of rotatable bonds is 3. The van der Waals surface area contributed by atoms with Crippen LogP contribution in [-0.2, 0) is 20.4 Å². The molecule has 0 amide bonds. The van der Waals surface area contributed by atoms with Gasteiger partial charge in [-0.25, -0.2) is 0 Å². The SMILES string of the molecule is CC1C(C[Si](C)(C)c2ccccc2)=[C]([Ti+3])C2=C1CCCC2.[Cl-].[Cl-].[Cl-]. The van der Waals surface area contributed by atoms with Gasteiger partial charge in [0.15, 0.2) is 0 Å². The molecule has 1 atom stereocenters. The van der Waals surface area contributed by atoms with Crippen LogP contribution in [0.5, 0.6) is 0 Å². The molecule has 0 radical (unpaired) electrons. The Morgan fingerprint density at radius 3 is 2.17 bits per heavy atom. The Bertz CT molecular complexity index is 608. The fourth-order valence-corrected chi connectivity index (χ4v) is 7.95. The second kappa shape index (κ2) is 10.00. The van der Waals surface area contributed by atoms with Crippen molar-refractivity contribution in [1.29, 1.82) is 0 Å². The van der Waals surface area contributed by atoms with E-state index in [2.05, 4.69) is 70.8 Å². The Morgan fingerprint density at radius 2 is 1.58 bits per heavy atom. The van der Waals surface area contributed by atoms with Crippen LogP contribution in [0, 0.1) is 5.92 Å². The summed E-state index contributed by atoms with van der Waals surface area (Å²) >= 11 is 2.40.